The number of likely N-dealkylation sites (tertiary alicyclic amines) is 1. The number of nitrogens with two attached hydrogens (primary N) is 1. The van der Waals surface area contributed by atoms with Crippen LogP contribution in [0.2, 0.25) is 0 Å². The van der Waals surface area contributed by atoms with Crippen LogP contribution in [0.3, 0.4) is 0 Å². The zero-order chi connectivity index (χ0) is 28.3. The molecular formula is C27H41ClFN7O2. The van der Waals surface area contributed by atoms with E-state index < -0.39 is 17.4 Å². The molecular weight excluding hydrogens is 509 g/mol. The van der Waals surface area contributed by atoms with Crippen molar-refractivity contribution in [2.75, 3.05) is 40.3 Å². The quantitative estimate of drug-likeness (QED) is 0.163. The van der Waals surface area contributed by atoms with Crippen molar-refractivity contribution in [3.05, 3.63) is 35.7 Å². The van der Waals surface area contributed by atoms with E-state index in [1.165, 1.54) is 11.0 Å². The van der Waals surface area contributed by atoms with Crippen molar-refractivity contribution in [2.24, 2.45) is 10.7 Å². The zero-order valence-corrected chi connectivity index (χ0v) is 23.9. The lowest BCUT2D eigenvalue weighted by atomic mass is 9.95. The highest BCUT2D eigenvalue weighted by molar-refractivity contribution is 6.29. The number of carbonyl (C=O) groups is 1. The van der Waals surface area contributed by atoms with Gasteiger partial charge in [-0.15, -0.1) is 0 Å². The van der Waals surface area contributed by atoms with Crippen LogP contribution >= 0.6 is 11.6 Å². The predicted molar refractivity (Wildman–Crippen MR) is 148 cm³/mol. The number of allylic oxidation sites excluding steroid dienone is 3. The number of ether oxygens (including phenoxy) is 1. The summed E-state index contributed by atoms with van der Waals surface area (Å²) in [5.74, 6) is 0.416. The highest BCUT2D eigenvalue weighted by atomic mass is 35.5. The van der Waals surface area contributed by atoms with Gasteiger partial charge in [-0.1, -0.05) is 18.2 Å². The SMILES string of the molecule is C=CC(=O)N1CCC(N(C)/C(=C\C=C(/C)Cl)N=C(OC[C@@]23CCCN2C[C@H](F)C3)N(C)C(C)(N)C#N)C1C. The first-order valence-electron chi connectivity index (χ1n) is 13.1. The normalized spacial score (nSPS) is 30.0. The Morgan fingerprint density at radius 3 is 2.76 bits per heavy atom. The molecule has 38 heavy (non-hydrogen) atoms. The molecule has 3 rings (SSSR count). The van der Waals surface area contributed by atoms with Crippen LogP contribution in [-0.2, 0) is 9.53 Å². The molecule has 3 aliphatic heterocycles. The van der Waals surface area contributed by atoms with Crippen molar-refractivity contribution in [1.82, 2.24) is 19.6 Å². The first kappa shape index (κ1) is 29.9. The first-order chi connectivity index (χ1) is 17.8. The summed E-state index contributed by atoms with van der Waals surface area (Å²) in [6.07, 6.45) is 6.92. The number of amidine groups is 1. The molecule has 11 heteroatoms. The van der Waals surface area contributed by atoms with Crippen LogP contribution in [0.5, 0.6) is 0 Å². The number of hydrogen-bond acceptors (Lipinski definition) is 7. The van der Waals surface area contributed by atoms with Gasteiger partial charge in [0.15, 0.2) is 5.66 Å². The minimum atomic E-state index is -1.40. The third kappa shape index (κ3) is 6.33. The molecule has 0 spiro atoms. The van der Waals surface area contributed by atoms with Gasteiger partial charge >= 0.3 is 0 Å². The lowest BCUT2D eigenvalue weighted by molar-refractivity contribution is -0.126. The number of likely N-dealkylation sites (N-methyl/N-ethyl adjacent to an activating group) is 1. The van der Waals surface area contributed by atoms with E-state index in [1.54, 1.807) is 37.9 Å². The summed E-state index contributed by atoms with van der Waals surface area (Å²) in [6.45, 7) is 11.0. The van der Waals surface area contributed by atoms with Crippen molar-refractivity contribution >= 4 is 23.5 Å². The van der Waals surface area contributed by atoms with Crippen molar-refractivity contribution in [3.63, 3.8) is 0 Å². The molecule has 3 unspecified atom stereocenters. The van der Waals surface area contributed by atoms with Crippen LogP contribution in [0.15, 0.2) is 40.7 Å². The van der Waals surface area contributed by atoms with E-state index in [-0.39, 0.29) is 30.6 Å². The summed E-state index contributed by atoms with van der Waals surface area (Å²) in [5, 5.41) is 10.3. The second-order valence-electron chi connectivity index (χ2n) is 10.8. The Morgan fingerprint density at radius 2 is 2.13 bits per heavy atom. The zero-order valence-electron chi connectivity index (χ0n) is 23.2. The minimum Gasteiger partial charge on any atom is -0.463 e. The molecule has 0 saturated carbocycles. The van der Waals surface area contributed by atoms with Gasteiger partial charge in [-0.25, -0.2) is 4.39 Å². The molecule has 3 saturated heterocycles. The van der Waals surface area contributed by atoms with Gasteiger partial charge in [-0.05, 0) is 64.8 Å². The minimum absolute atomic E-state index is 0.0317. The molecule has 0 aliphatic carbocycles. The molecule has 210 valence electrons. The summed E-state index contributed by atoms with van der Waals surface area (Å²) < 4.78 is 20.7. The Kier molecular flexibility index (Phi) is 9.50. The summed E-state index contributed by atoms with van der Waals surface area (Å²) in [7, 11) is 3.56. The third-order valence-electron chi connectivity index (χ3n) is 8.14. The third-order valence-corrected chi connectivity index (χ3v) is 8.27. The number of fused-ring (bicyclic) bond motifs is 1. The average Bonchev–Trinajstić information content (AvgIpc) is 3.53. The number of amides is 1. The van der Waals surface area contributed by atoms with Gasteiger partial charge in [0.1, 0.15) is 24.7 Å². The number of hydrogen-bond donors (Lipinski definition) is 1. The summed E-state index contributed by atoms with van der Waals surface area (Å²) in [6, 6.07) is 2.13. The van der Waals surface area contributed by atoms with Gasteiger partial charge < -0.3 is 14.5 Å². The number of nitrogens with zero attached hydrogens (tertiary/aromatic N) is 6. The first-order valence-corrected chi connectivity index (χ1v) is 13.5. The number of alkyl halides is 1. The van der Waals surface area contributed by atoms with Crippen LogP contribution in [0, 0.1) is 11.3 Å². The number of nitriles is 1. The maximum absolute atomic E-state index is 14.4. The van der Waals surface area contributed by atoms with Gasteiger partial charge in [-0.2, -0.15) is 10.3 Å². The topological polar surface area (TPSA) is 101 Å². The van der Waals surface area contributed by atoms with E-state index in [0.717, 1.165) is 25.8 Å². The summed E-state index contributed by atoms with van der Waals surface area (Å²) in [4.78, 5) is 24.6. The molecule has 3 aliphatic rings. The molecule has 5 atom stereocenters. The van der Waals surface area contributed by atoms with Crippen LogP contribution in [-0.4, -0.2) is 101 Å². The summed E-state index contributed by atoms with van der Waals surface area (Å²) in [5.41, 5.74) is 4.47. The van der Waals surface area contributed by atoms with E-state index in [1.807, 2.05) is 18.9 Å². The van der Waals surface area contributed by atoms with Gasteiger partial charge in [0.25, 0.3) is 6.02 Å². The van der Waals surface area contributed by atoms with E-state index in [0.29, 0.717) is 30.4 Å². The number of rotatable bonds is 8. The molecule has 1 amide bonds. The van der Waals surface area contributed by atoms with Gasteiger partial charge in [0.05, 0.1) is 11.6 Å². The lowest BCUT2D eigenvalue weighted by Gasteiger charge is -2.36. The monoisotopic (exact) mass is 549 g/mol. The van der Waals surface area contributed by atoms with Gasteiger partial charge in [-0.3, -0.25) is 20.3 Å². The van der Waals surface area contributed by atoms with E-state index in [2.05, 4.69) is 17.5 Å². The largest absolute Gasteiger partial charge is 0.463 e. The van der Waals surface area contributed by atoms with Crippen LogP contribution in [0.25, 0.3) is 0 Å². The standard InChI is InChI=1S/C27H41ClFN7O2/c1-7-24(37)36-14-11-22(20(36)3)33(5)23(10-9-19(2)28)32-25(34(6)26(4,31)17-30)38-18-27-12-8-13-35(27)16-21(29)15-27/h7,9-10,20-22H,1,8,11-16,18,31H2,2-6H3/b19-9+,23-10-,32-25?/t20?,21-,22?,26?,27+/m1/s1. The van der Waals surface area contributed by atoms with E-state index in [4.69, 9.17) is 27.1 Å². The van der Waals surface area contributed by atoms with Crippen molar-refractivity contribution in [1.29, 1.82) is 5.26 Å². The second kappa shape index (κ2) is 12.1. The van der Waals surface area contributed by atoms with Gasteiger partial charge in [0, 0.05) is 44.7 Å². The highest BCUT2D eigenvalue weighted by Gasteiger charge is 2.49. The van der Waals surface area contributed by atoms with Crippen molar-refractivity contribution < 1.29 is 13.9 Å². The predicted octanol–water partition coefficient (Wildman–Crippen LogP) is 3.16. The van der Waals surface area contributed by atoms with Crippen LogP contribution in [0.4, 0.5) is 4.39 Å². The Hall–Kier alpha value is -2.61. The Labute approximate surface area is 231 Å². The Balaban J connectivity index is 1.96. The molecule has 9 nitrogen and oxygen atoms in total. The molecule has 0 radical (unpaired) electrons. The lowest BCUT2D eigenvalue weighted by Crippen LogP contribution is -2.55. The van der Waals surface area contributed by atoms with Crippen molar-refractivity contribution in [2.45, 2.75) is 75.9 Å². The maximum atomic E-state index is 14.4. The van der Waals surface area contributed by atoms with E-state index in [9.17, 15) is 14.4 Å². The van der Waals surface area contributed by atoms with Crippen LogP contribution in [0.1, 0.15) is 46.5 Å². The highest BCUT2D eigenvalue weighted by Crippen LogP contribution is 2.40. The Bertz CT molecular complexity index is 1030. The number of aliphatic imine (C=N–C) groups is 1. The molecule has 0 aromatic rings. The van der Waals surface area contributed by atoms with Gasteiger partial charge in [0.2, 0.25) is 5.91 Å². The summed E-state index contributed by atoms with van der Waals surface area (Å²) >= 11 is 6.15. The smallest absolute Gasteiger partial charge is 0.296 e. The fourth-order valence-corrected chi connectivity index (χ4v) is 5.75. The molecule has 0 aromatic carbocycles. The molecule has 0 bridgehead atoms. The average molecular weight is 550 g/mol. The Morgan fingerprint density at radius 1 is 1.42 bits per heavy atom. The second-order valence-corrected chi connectivity index (χ2v) is 11.4. The van der Waals surface area contributed by atoms with E-state index >= 15 is 0 Å². The number of halogens is 2. The number of carbonyl (C=O) groups excluding carboxylic acids is 1. The molecule has 3 fully saturated rings. The maximum Gasteiger partial charge on any atom is 0.296 e. The molecule has 0 aromatic heterocycles. The van der Waals surface area contributed by atoms with Crippen LogP contribution < -0.4 is 5.73 Å². The molecule has 3 heterocycles. The van der Waals surface area contributed by atoms with Crippen molar-refractivity contribution in [3.8, 4) is 6.07 Å². The molecule has 2 N–H and O–H groups in total. The fourth-order valence-electron chi connectivity index (χ4n) is 5.69. The fraction of sp³-hybridized carbons (Fsp3) is 0.667.